The number of rotatable bonds is 0. The SMILES string of the molecule is CC1=CC(=O)C2C(C)C(=O)C3C4(COC5(C4=O)N4CC6CC(C)CC4(O6)C(O)CC5(C)C34COC(=O)C4)C2C1. The smallest absolute Gasteiger partial charge is 0.306 e. The van der Waals surface area contributed by atoms with Gasteiger partial charge in [-0.1, -0.05) is 26.3 Å². The average Bonchev–Trinajstić information content (AvgIpc) is 3.47. The summed E-state index contributed by atoms with van der Waals surface area (Å²) in [6.07, 6.45) is 2.63. The van der Waals surface area contributed by atoms with E-state index in [4.69, 9.17) is 14.2 Å². The Bertz CT molecular complexity index is 1290. The molecule has 5 heterocycles. The fourth-order valence-electron chi connectivity index (χ4n) is 11.4. The molecule has 2 saturated carbocycles. The first-order valence-electron chi connectivity index (χ1n) is 14.6. The molecule has 12 atom stereocenters. The zero-order chi connectivity index (χ0) is 27.5. The van der Waals surface area contributed by atoms with E-state index in [1.165, 1.54) is 0 Å². The summed E-state index contributed by atoms with van der Waals surface area (Å²) in [6, 6.07) is 0. The van der Waals surface area contributed by atoms with Crippen molar-refractivity contribution in [3.63, 3.8) is 0 Å². The van der Waals surface area contributed by atoms with Gasteiger partial charge in [0.05, 0.1) is 37.3 Å². The van der Waals surface area contributed by atoms with E-state index in [-0.39, 0.29) is 49.5 Å². The summed E-state index contributed by atoms with van der Waals surface area (Å²) >= 11 is 0. The van der Waals surface area contributed by atoms with Crippen LogP contribution in [0.3, 0.4) is 0 Å². The van der Waals surface area contributed by atoms with Gasteiger partial charge in [0.2, 0.25) is 0 Å². The van der Waals surface area contributed by atoms with Crippen LogP contribution < -0.4 is 0 Å². The Labute approximate surface area is 227 Å². The Kier molecular flexibility index (Phi) is 4.51. The third kappa shape index (κ3) is 2.36. The topological polar surface area (TPSA) is 119 Å². The van der Waals surface area contributed by atoms with Crippen LogP contribution in [-0.2, 0) is 33.4 Å². The van der Waals surface area contributed by atoms with Gasteiger partial charge in [0.25, 0.3) is 0 Å². The van der Waals surface area contributed by atoms with Crippen LogP contribution in [0.15, 0.2) is 11.6 Å². The van der Waals surface area contributed by atoms with E-state index in [1.807, 2.05) is 18.7 Å². The molecule has 39 heavy (non-hydrogen) atoms. The molecule has 210 valence electrons. The summed E-state index contributed by atoms with van der Waals surface area (Å²) in [5.41, 5.74) is -5.04. The number of fused-ring (bicyclic) bond motifs is 4. The lowest BCUT2D eigenvalue weighted by atomic mass is 9.34. The van der Waals surface area contributed by atoms with Crippen LogP contribution in [0.4, 0.5) is 0 Å². The van der Waals surface area contributed by atoms with Crippen LogP contribution in [-0.4, -0.2) is 76.7 Å². The monoisotopic (exact) mass is 539 g/mol. The number of esters is 1. The Morgan fingerprint density at radius 3 is 2.59 bits per heavy atom. The molecule has 0 radical (unpaired) electrons. The van der Waals surface area contributed by atoms with Crippen molar-refractivity contribution in [2.75, 3.05) is 19.8 Å². The van der Waals surface area contributed by atoms with Crippen molar-refractivity contribution in [2.24, 2.45) is 45.8 Å². The number of piperidine rings is 1. The third-order valence-electron chi connectivity index (χ3n) is 12.8. The number of carbonyl (C=O) groups is 4. The first-order chi connectivity index (χ1) is 18.4. The van der Waals surface area contributed by atoms with Gasteiger partial charge in [-0.15, -0.1) is 0 Å². The van der Waals surface area contributed by atoms with Gasteiger partial charge >= 0.3 is 5.97 Å². The fraction of sp³-hybridized carbons (Fsp3) is 0.800. The number of cyclic esters (lactones) is 1. The number of hydrogen-bond donors (Lipinski definition) is 1. The van der Waals surface area contributed by atoms with Crippen molar-refractivity contribution in [3.05, 3.63) is 11.6 Å². The molecular formula is C30H37NO8. The molecule has 9 nitrogen and oxygen atoms in total. The van der Waals surface area contributed by atoms with Crippen LogP contribution in [0.1, 0.15) is 59.8 Å². The Balaban J connectivity index is 1.42. The zero-order valence-corrected chi connectivity index (χ0v) is 23.0. The molecule has 4 bridgehead atoms. The molecule has 0 amide bonds. The maximum atomic E-state index is 15.5. The summed E-state index contributed by atoms with van der Waals surface area (Å²) in [7, 11) is 0. The lowest BCUT2D eigenvalue weighted by Crippen LogP contribution is -2.84. The quantitative estimate of drug-likeness (QED) is 0.460. The molecular weight excluding hydrogens is 502 g/mol. The zero-order valence-electron chi connectivity index (χ0n) is 23.0. The Morgan fingerprint density at radius 1 is 1.10 bits per heavy atom. The van der Waals surface area contributed by atoms with Crippen molar-refractivity contribution in [1.82, 2.24) is 4.90 Å². The number of carbonyl (C=O) groups excluding carboxylic acids is 4. The largest absolute Gasteiger partial charge is 0.465 e. The number of hydrogen-bond acceptors (Lipinski definition) is 9. The number of ketones is 3. The first-order valence-corrected chi connectivity index (χ1v) is 14.6. The van der Waals surface area contributed by atoms with Crippen LogP contribution in [0.25, 0.3) is 0 Å². The number of aliphatic hydroxyl groups is 1. The van der Waals surface area contributed by atoms with Crippen LogP contribution in [0.5, 0.6) is 0 Å². The van der Waals surface area contributed by atoms with E-state index in [9.17, 15) is 19.5 Å². The molecule has 4 spiro atoms. The minimum absolute atomic E-state index is 0.00000299. The normalized spacial score (nSPS) is 57.6. The van der Waals surface area contributed by atoms with E-state index in [0.717, 1.165) is 12.0 Å². The van der Waals surface area contributed by atoms with Crippen molar-refractivity contribution < 1.29 is 38.5 Å². The highest BCUT2D eigenvalue weighted by Gasteiger charge is 2.90. The van der Waals surface area contributed by atoms with Crippen molar-refractivity contribution in [3.8, 4) is 0 Å². The van der Waals surface area contributed by atoms with Gasteiger partial charge in [-0.25, -0.2) is 4.90 Å². The lowest BCUT2D eigenvalue weighted by Gasteiger charge is -2.70. The molecule has 8 aliphatic rings. The third-order valence-corrected chi connectivity index (χ3v) is 12.8. The molecule has 1 N–H and O–H groups in total. The highest BCUT2D eigenvalue weighted by molar-refractivity contribution is 6.08. The van der Waals surface area contributed by atoms with E-state index in [0.29, 0.717) is 25.3 Å². The molecule has 5 saturated heterocycles. The second-order valence-electron chi connectivity index (χ2n) is 14.4. The second-order valence-corrected chi connectivity index (χ2v) is 14.4. The van der Waals surface area contributed by atoms with Crippen LogP contribution in [0.2, 0.25) is 0 Å². The predicted octanol–water partition coefficient (Wildman–Crippen LogP) is 1.80. The summed E-state index contributed by atoms with van der Waals surface area (Å²) in [4.78, 5) is 58.4. The molecule has 7 fully saturated rings. The molecule has 0 aromatic carbocycles. The summed E-state index contributed by atoms with van der Waals surface area (Å²) < 4.78 is 19.2. The molecule has 5 aliphatic heterocycles. The standard InChI is InChI=1S/C30H37NO8/c1-14-6-18-22(19(32)7-14)16(3)23(35)24-27(10-21(34)37-12-27)26(4)9-20(33)29-8-15(2)5-17(39-29)11-31(29)30(26)25(36)28(18,24)13-38-30/h7,15-18,20,22,24,33H,5-6,8-13H2,1-4H3. The van der Waals surface area contributed by atoms with E-state index in [1.54, 1.807) is 13.0 Å². The number of Topliss-reactive ketones (excluding diaryl/α,β-unsaturated/α-hetero) is 2. The summed E-state index contributed by atoms with van der Waals surface area (Å²) in [5.74, 6) is -2.92. The van der Waals surface area contributed by atoms with Crippen molar-refractivity contribution >= 4 is 23.3 Å². The maximum Gasteiger partial charge on any atom is 0.306 e. The van der Waals surface area contributed by atoms with E-state index < -0.39 is 63.4 Å². The first kappa shape index (κ1) is 24.8. The lowest BCUT2D eigenvalue weighted by molar-refractivity contribution is -0.341. The minimum Gasteiger partial charge on any atom is -0.465 e. The second kappa shape index (κ2) is 7.09. The van der Waals surface area contributed by atoms with Gasteiger partial charge in [-0.05, 0) is 50.5 Å². The number of ether oxygens (including phenoxy) is 3. The van der Waals surface area contributed by atoms with Gasteiger partial charge in [-0.3, -0.25) is 19.2 Å². The molecule has 8 rings (SSSR count). The minimum atomic E-state index is -1.49. The van der Waals surface area contributed by atoms with Gasteiger partial charge in [-0.2, -0.15) is 0 Å². The van der Waals surface area contributed by atoms with Crippen LogP contribution in [0, 0.1) is 45.8 Å². The molecule has 0 aromatic rings. The predicted molar refractivity (Wildman–Crippen MR) is 134 cm³/mol. The molecule has 3 aliphatic carbocycles. The number of allylic oxidation sites excluding steroid dienone is 2. The molecule has 0 aromatic heterocycles. The summed E-state index contributed by atoms with van der Waals surface area (Å²) in [5, 5.41) is 11.9. The van der Waals surface area contributed by atoms with Crippen LogP contribution >= 0.6 is 0 Å². The highest BCUT2D eigenvalue weighted by atomic mass is 16.6. The molecule has 9 heteroatoms. The van der Waals surface area contributed by atoms with Gasteiger partial charge in [0.15, 0.2) is 23.0 Å². The average molecular weight is 540 g/mol. The maximum absolute atomic E-state index is 15.5. The van der Waals surface area contributed by atoms with Gasteiger partial charge in [0.1, 0.15) is 5.78 Å². The van der Waals surface area contributed by atoms with Crippen molar-refractivity contribution in [2.45, 2.75) is 83.5 Å². The highest BCUT2D eigenvalue weighted by Crippen LogP contribution is 2.78. The van der Waals surface area contributed by atoms with E-state index in [2.05, 4.69) is 6.92 Å². The fourth-order valence-corrected chi connectivity index (χ4v) is 11.4. The van der Waals surface area contributed by atoms with Crippen molar-refractivity contribution in [1.29, 1.82) is 0 Å². The number of nitrogens with zero attached hydrogens (tertiary/aromatic N) is 1. The van der Waals surface area contributed by atoms with E-state index >= 15 is 4.79 Å². The summed E-state index contributed by atoms with van der Waals surface area (Å²) in [6.45, 7) is 8.25. The Hall–Kier alpha value is -1.94. The number of aliphatic hydroxyl groups excluding tert-OH is 1. The molecule has 12 unspecified atom stereocenters. The Morgan fingerprint density at radius 2 is 1.87 bits per heavy atom. The van der Waals surface area contributed by atoms with Gasteiger partial charge < -0.3 is 19.3 Å². The van der Waals surface area contributed by atoms with Gasteiger partial charge in [0, 0.05) is 35.1 Å².